The van der Waals surface area contributed by atoms with Crippen LogP contribution in [0.25, 0.3) is 254 Å². The fraction of sp³-hybridized carbons (Fsp3) is 0. The molecule has 129 heavy (non-hydrogen) atoms. The lowest BCUT2D eigenvalue weighted by Crippen LogP contribution is -2.06. The number of furan rings is 1. The zero-order valence-electron chi connectivity index (χ0n) is 69.4. The van der Waals surface area contributed by atoms with E-state index in [1.54, 1.807) is 0 Å². The average Bonchev–Trinajstić information content (AvgIpc) is 1.52. The second-order valence-corrected chi connectivity index (χ2v) is 33.2. The lowest BCUT2D eigenvalue weighted by Gasteiger charge is -2.13. The van der Waals surface area contributed by atoms with E-state index in [-0.39, 0.29) is 0 Å². The summed E-state index contributed by atoms with van der Waals surface area (Å²) < 4.78 is 15.7. The van der Waals surface area contributed by atoms with Crippen molar-refractivity contribution in [3.8, 4) is 102 Å². The first kappa shape index (κ1) is 73.0. The van der Waals surface area contributed by atoms with Gasteiger partial charge in [0, 0.05) is 81.8 Å². The van der Waals surface area contributed by atoms with Gasteiger partial charge in [0.1, 0.15) is 5.58 Å². The zero-order valence-corrected chi connectivity index (χ0v) is 69.4. The molecule has 0 aliphatic heterocycles. The first-order valence-electron chi connectivity index (χ1n) is 43.6. The van der Waals surface area contributed by atoms with Crippen molar-refractivity contribution >= 4 is 152 Å². The summed E-state index contributed by atoms with van der Waals surface area (Å²) in [6.07, 6.45) is 0. The molecular formula is C118H72N10O. The maximum absolute atomic E-state index is 6.56. The second-order valence-electron chi connectivity index (χ2n) is 33.2. The van der Waals surface area contributed by atoms with Gasteiger partial charge in [-0.1, -0.05) is 340 Å². The Morgan fingerprint density at radius 2 is 0.450 bits per heavy atom. The Hall–Kier alpha value is -17.5. The molecule has 27 aromatic rings. The van der Waals surface area contributed by atoms with E-state index in [2.05, 4.69) is 443 Å². The van der Waals surface area contributed by atoms with Gasteiger partial charge in [-0.25, -0.2) is 9.97 Å². The van der Waals surface area contributed by atoms with Crippen molar-refractivity contribution in [1.82, 2.24) is 48.2 Å². The Bertz CT molecular complexity index is 9080. The van der Waals surface area contributed by atoms with Crippen molar-refractivity contribution in [3.05, 3.63) is 437 Å². The van der Waals surface area contributed by atoms with Gasteiger partial charge in [0.15, 0.2) is 28.9 Å². The van der Waals surface area contributed by atoms with E-state index in [0.29, 0.717) is 35.2 Å². The summed E-state index contributed by atoms with van der Waals surface area (Å²) in [5, 5.41) is 20.5. The summed E-state index contributed by atoms with van der Waals surface area (Å²) in [6.45, 7) is 0. The molecule has 0 atom stereocenters. The molecule has 0 N–H and O–H groups in total. The molecule has 0 fully saturated rings. The Kier molecular flexibility index (Phi) is 16.8. The highest BCUT2D eigenvalue weighted by atomic mass is 16.3. The van der Waals surface area contributed by atoms with Gasteiger partial charge < -0.3 is 13.6 Å². The molecule has 0 radical (unpaired) electrons. The Morgan fingerprint density at radius 1 is 0.171 bits per heavy atom. The van der Waals surface area contributed by atoms with Crippen LogP contribution < -0.4 is 0 Å². The van der Waals surface area contributed by atoms with E-state index in [9.17, 15) is 0 Å². The van der Waals surface area contributed by atoms with Crippen LogP contribution in [0.4, 0.5) is 0 Å². The van der Waals surface area contributed by atoms with Crippen molar-refractivity contribution in [2.45, 2.75) is 0 Å². The van der Waals surface area contributed by atoms with Gasteiger partial charge >= 0.3 is 0 Å². The normalized spacial score (nSPS) is 11.9. The van der Waals surface area contributed by atoms with Crippen LogP contribution in [0.5, 0.6) is 0 Å². The maximum atomic E-state index is 6.56. The van der Waals surface area contributed by atoms with Gasteiger partial charge in [-0.15, -0.1) is 0 Å². The van der Waals surface area contributed by atoms with Gasteiger partial charge in [0.25, 0.3) is 0 Å². The van der Waals surface area contributed by atoms with Gasteiger partial charge in [0.2, 0.25) is 11.9 Å². The second kappa shape index (κ2) is 29.6. The van der Waals surface area contributed by atoms with Gasteiger partial charge in [-0.3, -0.25) is 9.13 Å². The molecule has 0 aliphatic rings. The predicted molar refractivity (Wildman–Crippen MR) is 532 cm³/mol. The minimum atomic E-state index is 0.568. The highest BCUT2D eigenvalue weighted by Gasteiger charge is 2.26. The third kappa shape index (κ3) is 12.0. The lowest BCUT2D eigenvalue weighted by molar-refractivity contribution is 0.666. The van der Waals surface area contributed by atoms with Crippen molar-refractivity contribution in [2.75, 3.05) is 0 Å². The molecule has 0 saturated carbocycles. The zero-order chi connectivity index (χ0) is 84.7. The van der Waals surface area contributed by atoms with E-state index >= 15 is 0 Å². The van der Waals surface area contributed by atoms with Crippen LogP contribution in [0, 0.1) is 0 Å². The van der Waals surface area contributed by atoms with Crippen LogP contribution in [0.1, 0.15) is 0 Å². The highest BCUT2D eigenvalue weighted by Crippen LogP contribution is 2.45. The van der Waals surface area contributed by atoms with E-state index in [4.69, 9.17) is 34.3 Å². The predicted octanol–water partition coefficient (Wildman–Crippen LogP) is 30.3. The molecule has 27 rings (SSSR count). The van der Waals surface area contributed by atoms with E-state index in [0.717, 1.165) is 176 Å². The molecule has 7 aromatic heterocycles. The summed E-state index contributed by atoms with van der Waals surface area (Å²) in [4.78, 5) is 31.8. The summed E-state index contributed by atoms with van der Waals surface area (Å²) in [7, 11) is 0. The number of benzene rings is 20. The average molecular weight is 1650 g/mol. The van der Waals surface area contributed by atoms with E-state index in [1.165, 1.54) is 43.7 Å². The summed E-state index contributed by atoms with van der Waals surface area (Å²) in [5.41, 5.74) is 23.5. The number of hydrogen-bond donors (Lipinski definition) is 0. The fourth-order valence-electron chi connectivity index (χ4n) is 20.0. The smallest absolute Gasteiger partial charge is 0.238 e. The number of fused-ring (bicyclic) bond motifs is 19. The fourth-order valence-corrected chi connectivity index (χ4v) is 20.0. The summed E-state index contributed by atoms with van der Waals surface area (Å²) >= 11 is 0. The molecule has 600 valence electrons. The number of nitrogens with zero attached hydrogens (tertiary/aromatic N) is 10. The van der Waals surface area contributed by atoms with Crippen molar-refractivity contribution in [3.63, 3.8) is 0 Å². The Labute approximate surface area is 738 Å². The quantitative estimate of drug-likeness (QED) is 0.127. The molecule has 11 heteroatoms. The molecular weight excluding hydrogens is 1570 g/mol. The SMILES string of the molecule is c1ccc(-c2ccc(-n3c4ccccc4c4cc(-c5ccc6c(c5)c5ccccc5n6-c5nc(-c6cccc7ccccc67)nc(-c6cccc7ccccc67)n5)ccc43)cc2)cc1.c1ccc2c(-c3nc(-c4cccc5ccccc45)nc(-n4c5ccccc5c5cc(-c6ccc7c(c6)c6ccccc6n7-c6cccc7c6oc6ccccc67)ccc54)n3)cccc2c1. The number of aromatic nitrogens is 10. The topological polar surface area (TPSA) is 110 Å². The van der Waals surface area contributed by atoms with E-state index < -0.39 is 0 Å². The molecule has 0 spiro atoms. The monoisotopic (exact) mass is 1640 g/mol. The molecule has 0 bridgehead atoms. The third-order valence-corrected chi connectivity index (χ3v) is 26.0. The molecule has 11 nitrogen and oxygen atoms in total. The molecule has 0 saturated heterocycles. The van der Waals surface area contributed by atoms with Gasteiger partial charge in [0.05, 0.1) is 49.8 Å². The molecule has 0 unspecified atom stereocenters. The summed E-state index contributed by atoms with van der Waals surface area (Å²) in [6, 6.07) is 155. The standard InChI is InChI=1S/C59H35N5O.C59H37N5/c1-3-18-40-36(14-1)16-11-24-46(40)57-60-58(47-25-12-17-37-15-2-4-19-41(37)47)62-59(61-57)64-51-27-9-6-21-43(51)49-35-39(31-33-53(49)64)38-30-32-52-48(34-38)42-20-5-8-26-50(42)63(52)54-28-13-23-45-44-22-7-10-29-55(44)65-56(45)54;1-2-14-38(15-3-1)39-28-32-44(33-29-39)63-53-26-10-8-22-47(53)51-36-42(30-34-55(51)63)43-31-35-56-52(37-43)48-23-9-11-27-54(48)64(56)59-61-57(49-24-12-18-40-16-4-6-20-45(40)49)60-58(62-59)50-25-13-19-41-17-5-7-21-46(41)50/h1-35H;1-37H. The molecule has 0 aliphatic carbocycles. The molecule has 0 amide bonds. The number of para-hydroxylation sites is 6. The Morgan fingerprint density at radius 3 is 0.853 bits per heavy atom. The van der Waals surface area contributed by atoms with Crippen molar-refractivity contribution in [1.29, 1.82) is 0 Å². The minimum Gasteiger partial charge on any atom is -0.454 e. The van der Waals surface area contributed by atoms with Crippen LogP contribution in [-0.4, -0.2) is 48.2 Å². The molecule has 20 aromatic carbocycles. The van der Waals surface area contributed by atoms with Gasteiger partial charge in [-0.2, -0.15) is 19.9 Å². The van der Waals surface area contributed by atoms with Gasteiger partial charge in [-0.05, 0) is 174 Å². The van der Waals surface area contributed by atoms with Crippen LogP contribution in [0.15, 0.2) is 441 Å². The lowest BCUT2D eigenvalue weighted by atomic mass is 10.0. The first-order chi connectivity index (χ1) is 64.0. The van der Waals surface area contributed by atoms with Crippen molar-refractivity contribution in [2.24, 2.45) is 0 Å². The van der Waals surface area contributed by atoms with Crippen LogP contribution in [0.2, 0.25) is 0 Å². The maximum Gasteiger partial charge on any atom is 0.238 e. The minimum absolute atomic E-state index is 0.568. The highest BCUT2D eigenvalue weighted by molar-refractivity contribution is 6.17. The third-order valence-electron chi connectivity index (χ3n) is 26.0. The number of rotatable bonds is 11. The van der Waals surface area contributed by atoms with Crippen LogP contribution >= 0.6 is 0 Å². The van der Waals surface area contributed by atoms with Crippen molar-refractivity contribution < 1.29 is 4.42 Å². The number of hydrogen-bond acceptors (Lipinski definition) is 7. The van der Waals surface area contributed by atoms with Crippen LogP contribution in [-0.2, 0) is 0 Å². The largest absolute Gasteiger partial charge is 0.454 e. The first-order valence-corrected chi connectivity index (χ1v) is 43.6. The van der Waals surface area contributed by atoms with Crippen LogP contribution in [0.3, 0.4) is 0 Å². The molecule has 7 heterocycles. The van der Waals surface area contributed by atoms with E-state index in [1.807, 2.05) is 12.1 Å². The summed E-state index contributed by atoms with van der Waals surface area (Å²) in [5.74, 6) is 3.66. The Balaban J connectivity index is 0.000000136.